The van der Waals surface area contributed by atoms with Crippen molar-refractivity contribution in [3.05, 3.63) is 0 Å². The summed E-state index contributed by atoms with van der Waals surface area (Å²) < 4.78 is 5.47. The number of nitrogens with zero attached hydrogens (tertiary/aromatic N) is 2. The molecule has 2 aliphatic rings. The molecule has 17 heavy (non-hydrogen) atoms. The SMILES string of the molecule is CON(C)C1=N[C@@H]2[C@H](O)[C@@H](O)[C@@H](CO)O[C@@H]2S1. The monoisotopic (exact) mass is 264 g/mol. The van der Waals surface area contributed by atoms with Crippen LogP contribution in [0.4, 0.5) is 0 Å². The molecule has 0 aromatic carbocycles. The molecule has 2 rings (SSSR count). The summed E-state index contributed by atoms with van der Waals surface area (Å²) in [6.45, 7) is -0.336. The van der Waals surface area contributed by atoms with Crippen molar-refractivity contribution >= 4 is 16.9 Å². The van der Waals surface area contributed by atoms with E-state index in [0.717, 1.165) is 0 Å². The molecule has 0 unspecified atom stereocenters. The van der Waals surface area contributed by atoms with Crippen molar-refractivity contribution in [2.24, 2.45) is 4.99 Å². The molecule has 2 heterocycles. The average molecular weight is 264 g/mol. The third-order valence-electron chi connectivity index (χ3n) is 2.87. The summed E-state index contributed by atoms with van der Waals surface area (Å²) in [5.74, 6) is 0. The van der Waals surface area contributed by atoms with Gasteiger partial charge < -0.3 is 20.1 Å². The highest BCUT2D eigenvalue weighted by atomic mass is 32.2. The molecule has 98 valence electrons. The summed E-state index contributed by atoms with van der Waals surface area (Å²) in [5.41, 5.74) is -0.404. The van der Waals surface area contributed by atoms with Crippen molar-refractivity contribution < 1.29 is 24.9 Å². The third-order valence-corrected chi connectivity index (χ3v) is 4.07. The number of aliphatic hydroxyl groups is 3. The minimum atomic E-state index is -1.13. The van der Waals surface area contributed by atoms with Crippen molar-refractivity contribution in [2.45, 2.75) is 29.8 Å². The van der Waals surface area contributed by atoms with Gasteiger partial charge in [-0.2, -0.15) is 0 Å². The number of rotatable bonds is 2. The Kier molecular flexibility index (Phi) is 3.91. The summed E-state index contributed by atoms with van der Waals surface area (Å²) in [6, 6.07) is -0.537. The fourth-order valence-electron chi connectivity index (χ4n) is 1.80. The quantitative estimate of drug-likeness (QED) is 0.516. The highest BCUT2D eigenvalue weighted by molar-refractivity contribution is 8.14. The van der Waals surface area contributed by atoms with Gasteiger partial charge >= 0.3 is 0 Å². The molecule has 0 aliphatic carbocycles. The first-order valence-electron chi connectivity index (χ1n) is 5.23. The average Bonchev–Trinajstić information content (AvgIpc) is 2.76. The zero-order valence-corrected chi connectivity index (χ0v) is 10.4. The molecule has 1 saturated heterocycles. The zero-order valence-electron chi connectivity index (χ0n) is 9.55. The van der Waals surface area contributed by atoms with Gasteiger partial charge in [0.1, 0.15) is 29.8 Å². The second kappa shape index (κ2) is 5.09. The Morgan fingerprint density at radius 2 is 2.18 bits per heavy atom. The van der Waals surface area contributed by atoms with Crippen LogP contribution in [0.3, 0.4) is 0 Å². The lowest BCUT2D eigenvalue weighted by Gasteiger charge is -2.37. The molecule has 1 fully saturated rings. The highest BCUT2D eigenvalue weighted by Gasteiger charge is 2.48. The van der Waals surface area contributed by atoms with Gasteiger partial charge in [0.2, 0.25) is 0 Å². The Bertz CT molecular complexity index is 316. The summed E-state index contributed by atoms with van der Waals surface area (Å²) in [5, 5.41) is 30.7. The number of ether oxygens (including phenoxy) is 1. The van der Waals surface area contributed by atoms with E-state index in [0.29, 0.717) is 5.17 Å². The second-order valence-electron chi connectivity index (χ2n) is 3.91. The maximum Gasteiger partial charge on any atom is 0.186 e. The molecular formula is C9H16N2O5S. The third kappa shape index (κ3) is 2.28. The number of hydrogen-bond donors (Lipinski definition) is 3. The fraction of sp³-hybridized carbons (Fsp3) is 0.889. The minimum absolute atomic E-state index is 0.336. The lowest BCUT2D eigenvalue weighted by atomic mass is 9.99. The highest BCUT2D eigenvalue weighted by Crippen LogP contribution is 2.36. The van der Waals surface area contributed by atoms with Crippen molar-refractivity contribution in [1.82, 2.24) is 5.06 Å². The van der Waals surface area contributed by atoms with Crippen LogP contribution in [0, 0.1) is 0 Å². The standard InChI is InChI=1S/C9H16N2O5S/c1-11(15-2)9-10-5-7(14)6(13)4(3-12)16-8(5)17-9/h4-8,12-14H,3H2,1-2H3/t4-,5-,6+,7+,8-/m1/s1. The van der Waals surface area contributed by atoms with Crippen LogP contribution in [0.15, 0.2) is 4.99 Å². The van der Waals surface area contributed by atoms with Crippen molar-refractivity contribution in [2.75, 3.05) is 20.8 Å². The van der Waals surface area contributed by atoms with Gasteiger partial charge in [-0.1, -0.05) is 11.8 Å². The summed E-state index contributed by atoms with van der Waals surface area (Å²) in [7, 11) is 3.20. The Labute approximate surface area is 103 Å². The van der Waals surface area contributed by atoms with Crippen molar-refractivity contribution in [1.29, 1.82) is 0 Å². The predicted molar refractivity (Wildman–Crippen MR) is 61.3 cm³/mol. The molecule has 2 aliphatic heterocycles. The summed E-state index contributed by atoms with van der Waals surface area (Å²) >= 11 is 1.30. The summed E-state index contributed by atoms with van der Waals surface area (Å²) in [6.07, 6.45) is -2.94. The lowest BCUT2D eigenvalue weighted by molar-refractivity contribution is -0.164. The van der Waals surface area contributed by atoms with Gasteiger partial charge in [0.15, 0.2) is 5.17 Å². The van der Waals surface area contributed by atoms with Crippen molar-refractivity contribution in [3.63, 3.8) is 0 Å². The van der Waals surface area contributed by atoms with Gasteiger partial charge in [-0.3, -0.25) is 9.83 Å². The number of thioether (sulfide) groups is 1. The molecule has 5 atom stereocenters. The van der Waals surface area contributed by atoms with E-state index in [1.54, 1.807) is 7.05 Å². The molecule has 0 saturated carbocycles. The maximum absolute atomic E-state index is 9.90. The smallest absolute Gasteiger partial charge is 0.186 e. The number of aliphatic hydroxyl groups excluding tert-OH is 3. The van der Waals surface area contributed by atoms with Crippen LogP contribution < -0.4 is 0 Å². The first kappa shape index (κ1) is 13.1. The first-order valence-corrected chi connectivity index (χ1v) is 6.11. The van der Waals surface area contributed by atoms with E-state index in [1.807, 2.05) is 0 Å². The Hall–Kier alpha value is -0.380. The number of aliphatic imine (C=N–C) groups is 1. The van der Waals surface area contributed by atoms with Crippen LogP contribution in [-0.4, -0.2) is 76.1 Å². The van der Waals surface area contributed by atoms with E-state index in [9.17, 15) is 10.2 Å². The molecule has 7 nitrogen and oxygen atoms in total. The van der Waals surface area contributed by atoms with Gasteiger partial charge in [-0.15, -0.1) is 0 Å². The predicted octanol–water partition coefficient (Wildman–Crippen LogP) is -1.61. The van der Waals surface area contributed by atoms with Crippen LogP contribution in [-0.2, 0) is 9.57 Å². The van der Waals surface area contributed by atoms with Gasteiger partial charge in [-0.05, 0) is 0 Å². The van der Waals surface area contributed by atoms with Crippen LogP contribution in [0.2, 0.25) is 0 Å². The number of fused-ring (bicyclic) bond motifs is 1. The largest absolute Gasteiger partial charge is 0.394 e. The van der Waals surface area contributed by atoms with Gasteiger partial charge in [0.25, 0.3) is 0 Å². The number of hydrogen-bond acceptors (Lipinski definition) is 8. The van der Waals surface area contributed by atoms with E-state index in [-0.39, 0.29) is 6.61 Å². The summed E-state index contributed by atoms with van der Waals surface area (Å²) in [4.78, 5) is 9.23. The van der Waals surface area contributed by atoms with E-state index in [1.165, 1.54) is 23.9 Å². The van der Waals surface area contributed by atoms with Gasteiger partial charge in [0, 0.05) is 7.05 Å². The molecule has 0 aromatic rings. The lowest BCUT2D eigenvalue weighted by Crippen LogP contribution is -2.55. The minimum Gasteiger partial charge on any atom is -0.394 e. The Balaban J connectivity index is 2.12. The van der Waals surface area contributed by atoms with Crippen LogP contribution in [0.5, 0.6) is 0 Å². The fourth-order valence-corrected chi connectivity index (χ4v) is 2.97. The second-order valence-corrected chi connectivity index (χ2v) is 4.97. The number of hydroxylamine groups is 2. The normalized spacial score (nSPS) is 41.0. The topological polar surface area (TPSA) is 94.8 Å². The molecular weight excluding hydrogens is 248 g/mol. The first-order chi connectivity index (χ1) is 8.08. The van der Waals surface area contributed by atoms with E-state index in [4.69, 9.17) is 14.7 Å². The molecule has 0 aromatic heterocycles. The molecule has 0 spiro atoms. The van der Waals surface area contributed by atoms with Crippen LogP contribution in [0.25, 0.3) is 0 Å². The molecule has 8 heteroatoms. The van der Waals surface area contributed by atoms with Crippen molar-refractivity contribution in [3.8, 4) is 0 Å². The molecule has 0 bridgehead atoms. The van der Waals surface area contributed by atoms with E-state index < -0.39 is 29.8 Å². The molecule has 0 amide bonds. The Morgan fingerprint density at radius 3 is 2.76 bits per heavy atom. The van der Waals surface area contributed by atoms with Gasteiger partial charge in [0.05, 0.1) is 13.7 Å². The van der Waals surface area contributed by atoms with E-state index >= 15 is 0 Å². The van der Waals surface area contributed by atoms with Crippen LogP contribution >= 0.6 is 11.8 Å². The number of amidine groups is 1. The zero-order chi connectivity index (χ0) is 12.6. The molecule has 3 N–H and O–H groups in total. The molecule has 0 radical (unpaired) electrons. The van der Waals surface area contributed by atoms with Crippen LogP contribution in [0.1, 0.15) is 0 Å². The van der Waals surface area contributed by atoms with E-state index in [2.05, 4.69) is 4.99 Å². The Morgan fingerprint density at radius 1 is 1.47 bits per heavy atom. The maximum atomic E-state index is 9.90. The van der Waals surface area contributed by atoms with Gasteiger partial charge in [-0.25, -0.2) is 5.06 Å².